The van der Waals surface area contributed by atoms with Crippen molar-refractivity contribution < 1.29 is 18.3 Å². The highest BCUT2D eigenvalue weighted by Gasteiger charge is 2.30. The maximum atomic E-state index is 12.7. The number of hydrogen-bond acceptors (Lipinski definition) is 6. The first-order chi connectivity index (χ1) is 13.4. The zero-order valence-electron chi connectivity index (χ0n) is 14.6. The van der Waals surface area contributed by atoms with Crippen LogP contribution in [-0.4, -0.2) is 44.5 Å². The summed E-state index contributed by atoms with van der Waals surface area (Å²) in [6.45, 7) is 1.01. The standard InChI is InChI=1S/C18H17F3N6O/c19-18(20,21)11-5-7-12(8-6-11)23-14-4-2-1-3-13(14)17-24-26-27(25-17)15-9-22-10-16(15)28/h1-8,15-16,22-23,28H,9-10H2/t15-,16-/m0/s1. The number of aliphatic hydroxyl groups is 1. The topological polar surface area (TPSA) is 87.9 Å². The van der Waals surface area contributed by atoms with E-state index >= 15 is 0 Å². The lowest BCUT2D eigenvalue weighted by atomic mass is 10.1. The smallest absolute Gasteiger partial charge is 0.389 e. The number of β-amino-alcohol motifs (C(OH)–C–C–N with tert-alkyl or cyclic N) is 1. The lowest BCUT2D eigenvalue weighted by Gasteiger charge is -2.12. The predicted octanol–water partition coefficient (Wildman–Crippen LogP) is 2.61. The number of aliphatic hydroxyl groups excluding tert-OH is 1. The van der Waals surface area contributed by atoms with Gasteiger partial charge in [-0.1, -0.05) is 12.1 Å². The van der Waals surface area contributed by atoms with Crippen molar-refractivity contribution >= 4 is 11.4 Å². The van der Waals surface area contributed by atoms with Crippen LogP contribution in [0.3, 0.4) is 0 Å². The minimum atomic E-state index is -4.38. The van der Waals surface area contributed by atoms with Crippen LogP contribution in [0.2, 0.25) is 0 Å². The van der Waals surface area contributed by atoms with Crippen molar-refractivity contribution in [3.8, 4) is 11.4 Å². The van der Waals surface area contributed by atoms with Gasteiger partial charge in [-0.3, -0.25) is 0 Å². The fourth-order valence-electron chi connectivity index (χ4n) is 3.05. The molecule has 2 heterocycles. The molecule has 2 aromatic carbocycles. The molecule has 1 saturated heterocycles. The first kappa shape index (κ1) is 18.4. The summed E-state index contributed by atoms with van der Waals surface area (Å²) in [5, 5.41) is 28.6. The number of para-hydroxylation sites is 1. The van der Waals surface area contributed by atoms with Crippen LogP contribution in [0.25, 0.3) is 11.4 Å². The number of anilines is 2. The first-order valence-electron chi connectivity index (χ1n) is 8.64. The van der Waals surface area contributed by atoms with Gasteiger partial charge in [0.05, 0.1) is 11.7 Å². The van der Waals surface area contributed by atoms with Crippen LogP contribution in [0, 0.1) is 0 Å². The highest BCUT2D eigenvalue weighted by atomic mass is 19.4. The molecule has 1 aliphatic rings. The average Bonchev–Trinajstić information content (AvgIpc) is 3.31. The number of nitrogens with one attached hydrogen (secondary N) is 2. The largest absolute Gasteiger partial charge is 0.416 e. The fraction of sp³-hybridized carbons (Fsp3) is 0.278. The first-order valence-corrected chi connectivity index (χ1v) is 8.64. The molecule has 3 aromatic rings. The second-order valence-electron chi connectivity index (χ2n) is 6.47. The van der Waals surface area contributed by atoms with Gasteiger partial charge in [0.1, 0.15) is 6.04 Å². The van der Waals surface area contributed by atoms with Gasteiger partial charge in [-0.2, -0.15) is 18.0 Å². The molecule has 10 heteroatoms. The molecular weight excluding hydrogens is 373 g/mol. The Morgan fingerprint density at radius 3 is 2.50 bits per heavy atom. The summed E-state index contributed by atoms with van der Waals surface area (Å²) in [5.74, 6) is 0.356. The van der Waals surface area contributed by atoms with Crippen molar-refractivity contribution in [3.05, 3.63) is 54.1 Å². The van der Waals surface area contributed by atoms with Crippen LogP contribution in [-0.2, 0) is 6.18 Å². The molecule has 0 spiro atoms. The van der Waals surface area contributed by atoms with Gasteiger partial charge in [0.2, 0.25) is 5.82 Å². The average molecular weight is 390 g/mol. The molecule has 146 valence electrons. The van der Waals surface area contributed by atoms with Gasteiger partial charge in [-0.25, -0.2) is 0 Å². The van der Waals surface area contributed by atoms with Crippen molar-refractivity contribution in [1.29, 1.82) is 0 Å². The van der Waals surface area contributed by atoms with Crippen molar-refractivity contribution in [2.45, 2.75) is 18.3 Å². The van der Waals surface area contributed by atoms with E-state index in [1.807, 2.05) is 0 Å². The Balaban J connectivity index is 1.58. The van der Waals surface area contributed by atoms with Gasteiger partial charge < -0.3 is 15.7 Å². The zero-order valence-corrected chi connectivity index (χ0v) is 14.6. The van der Waals surface area contributed by atoms with Gasteiger partial charge in [-0.15, -0.1) is 10.2 Å². The minimum absolute atomic E-state index is 0.295. The third-order valence-electron chi connectivity index (χ3n) is 4.54. The third-order valence-corrected chi connectivity index (χ3v) is 4.54. The van der Waals surface area contributed by atoms with Crippen LogP contribution in [0.4, 0.5) is 24.5 Å². The van der Waals surface area contributed by atoms with Crippen molar-refractivity contribution in [2.24, 2.45) is 0 Å². The second-order valence-corrected chi connectivity index (χ2v) is 6.47. The summed E-state index contributed by atoms with van der Waals surface area (Å²) in [6, 6.07) is 11.6. The molecule has 1 aromatic heterocycles. The van der Waals surface area contributed by atoms with Crippen molar-refractivity contribution in [1.82, 2.24) is 25.5 Å². The summed E-state index contributed by atoms with van der Waals surface area (Å²) in [6.07, 6.45) is -4.97. The Kier molecular flexibility index (Phi) is 4.73. The van der Waals surface area contributed by atoms with Crippen LogP contribution in [0.1, 0.15) is 11.6 Å². The Morgan fingerprint density at radius 2 is 1.82 bits per heavy atom. The summed E-state index contributed by atoms with van der Waals surface area (Å²) >= 11 is 0. The molecule has 1 aliphatic heterocycles. The molecule has 28 heavy (non-hydrogen) atoms. The van der Waals surface area contributed by atoms with Crippen LogP contribution < -0.4 is 10.6 Å². The predicted molar refractivity (Wildman–Crippen MR) is 95.9 cm³/mol. The van der Waals surface area contributed by atoms with Gasteiger partial charge in [0, 0.05) is 30.0 Å². The lowest BCUT2D eigenvalue weighted by molar-refractivity contribution is -0.137. The van der Waals surface area contributed by atoms with Crippen molar-refractivity contribution in [3.63, 3.8) is 0 Å². The number of hydrogen-bond donors (Lipinski definition) is 3. The third kappa shape index (κ3) is 3.69. The van der Waals surface area contributed by atoms with E-state index < -0.39 is 17.8 Å². The summed E-state index contributed by atoms with van der Waals surface area (Å²) < 4.78 is 38.2. The summed E-state index contributed by atoms with van der Waals surface area (Å²) in [7, 11) is 0. The van der Waals surface area contributed by atoms with E-state index in [0.29, 0.717) is 35.9 Å². The van der Waals surface area contributed by atoms with E-state index in [1.165, 1.54) is 16.9 Å². The maximum Gasteiger partial charge on any atom is 0.416 e. The van der Waals surface area contributed by atoms with E-state index in [1.54, 1.807) is 24.3 Å². The van der Waals surface area contributed by atoms with Crippen LogP contribution in [0.5, 0.6) is 0 Å². The Hall–Kier alpha value is -2.98. The number of alkyl halides is 3. The Bertz CT molecular complexity index is 956. The highest BCUT2D eigenvalue weighted by molar-refractivity contribution is 5.77. The second kappa shape index (κ2) is 7.21. The van der Waals surface area contributed by atoms with E-state index in [4.69, 9.17) is 0 Å². The van der Waals surface area contributed by atoms with Crippen molar-refractivity contribution in [2.75, 3.05) is 18.4 Å². The van der Waals surface area contributed by atoms with E-state index in [2.05, 4.69) is 26.0 Å². The van der Waals surface area contributed by atoms with Crippen LogP contribution in [0.15, 0.2) is 48.5 Å². The zero-order chi connectivity index (χ0) is 19.7. The fourth-order valence-corrected chi connectivity index (χ4v) is 3.05. The number of aromatic nitrogens is 4. The Labute approximate surface area is 158 Å². The SMILES string of the molecule is O[C@H]1CNC[C@@H]1n1nnc(-c2ccccc2Nc2ccc(C(F)(F)F)cc2)n1. The normalized spacial score (nSPS) is 19.7. The number of halogens is 3. The summed E-state index contributed by atoms with van der Waals surface area (Å²) in [5.41, 5.74) is 1.07. The molecule has 0 amide bonds. The molecule has 0 unspecified atom stereocenters. The molecule has 2 atom stereocenters. The van der Waals surface area contributed by atoms with E-state index in [0.717, 1.165) is 12.1 Å². The number of nitrogens with zero attached hydrogens (tertiary/aromatic N) is 4. The number of tetrazole rings is 1. The number of benzene rings is 2. The molecule has 0 saturated carbocycles. The Morgan fingerprint density at radius 1 is 1.07 bits per heavy atom. The van der Waals surface area contributed by atoms with E-state index in [-0.39, 0.29) is 6.04 Å². The molecule has 7 nitrogen and oxygen atoms in total. The molecule has 3 N–H and O–H groups in total. The molecule has 1 fully saturated rings. The molecule has 4 rings (SSSR count). The van der Waals surface area contributed by atoms with Gasteiger partial charge in [0.25, 0.3) is 0 Å². The lowest BCUT2D eigenvalue weighted by Crippen LogP contribution is -2.24. The molecule has 0 bridgehead atoms. The van der Waals surface area contributed by atoms with E-state index in [9.17, 15) is 18.3 Å². The van der Waals surface area contributed by atoms with Gasteiger partial charge in [-0.05, 0) is 41.6 Å². The summed E-state index contributed by atoms with van der Waals surface area (Å²) in [4.78, 5) is 1.38. The number of rotatable bonds is 4. The van der Waals surface area contributed by atoms with Crippen LogP contribution >= 0.6 is 0 Å². The quantitative estimate of drug-likeness (QED) is 0.635. The van der Waals surface area contributed by atoms with Gasteiger partial charge in [0.15, 0.2) is 0 Å². The molecule has 0 radical (unpaired) electrons. The monoisotopic (exact) mass is 390 g/mol. The maximum absolute atomic E-state index is 12.7. The molecular formula is C18H17F3N6O. The molecule has 0 aliphatic carbocycles. The van der Waals surface area contributed by atoms with Gasteiger partial charge >= 0.3 is 6.18 Å². The highest BCUT2D eigenvalue weighted by Crippen LogP contribution is 2.32. The minimum Gasteiger partial charge on any atom is -0.389 e.